The Kier molecular flexibility index (Phi) is 5.69. The first-order valence-corrected chi connectivity index (χ1v) is 9.62. The number of amides is 1. The normalized spacial score (nSPS) is 10.8. The molecule has 0 radical (unpaired) electrons. The third kappa shape index (κ3) is 4.29. The van der Waals surface area contributed by atoms with Gasteiger partial charge in [-0.2, -0.15) is 5.10 Å². The van der Waals surface area contributed by atoms with Gasteiger partial charge in [-0.05, 0) is 57.2 Å². The Morgan fingerprint density at radius 1 is 1.08 bits per heavy atom. The van der Waals surface area contributed by atoms with Crippen molar-refractivity contribution < 1.29 is 4.79 Å². The Bertz CT molecular complexity index is 917. The topological polar surface area (TPSA) is 46.9 Å². The Morgan fingerprint density at radius 3 is 2.38 bits per heavy atom. The van der Waals surface area contributed by atoms with Crippen molar-refractivity contribution in [3.63, 3.8) is 0 Å². The second-order valence-corrected chi connectivity index (χ2v) is 7.57. The molecule has 26 heavy (non-hydrogen) atoms. The molecule has 2 aromatic carbocycles. The lowest BCUT2D eigenvalue weighted by molar-refractivity contribution is -0.113. The minimum Gasteiger partial charge on any atom is -0.322 e. The fourth-order valence-electron chi connectivity index (χ4n) is 2.62. The quantitative estimate of drug-likeness (QED) is 0.615. The zero-order valence-corrected chi connectivity index (χ0v) is 16.5. The van der Waals surface area contributed by atoms with Gasteiger partial charge in [-0.3, -0.25) is 4.79 Å². The fourth-order valence-corrected chi connectivity index (χ4v) is 3.44. The van der Waals surface area contributed by atoms with Crippen LogP contribution >= 0.6 is 23.4 Å². The summed E-state index contributed by atoms with van der Waals surface area (Å²) >= 11 is 7.36. The van der Waals surface area contributed by atoms with E-state index in [9.17, 15) is 4.79 Å². The van der Waals surface area contributed by atoms with Gasteiger partial charge in [0.05, 0.1) is 28.5 Å². The molecular formula is C20H20ClN3OS. The maximum atomic E-state index is 12.4. The third-order valence-corrected chi connectivity index (χ3v) is 5.28. The lowest BCUT2D eigenvalue weighted by Gasteiger charge is -2.07. The summed E-state index contributed by atoms with van der Waals surface area (Å²) in [6.45, 7) is 5.91. The highest BCUT2D eigenvalue weighted by atomic mass is 35.5. The first-order chi connectivity index (χ1) is 12.4. The van der Waals surface area contributed by atoms with E-state index in [4.69, 9.17) is 11.6 Å². The van der Waals surface area contributed by atoms with Gasteiger partial charge in [0.15, 0.2) is 0 Å². The maximum Gasteiger partial charge on any atom is 0.234 e. The summed E-state index contributed by atoms with van der Waals surface area (Å²) in [5, 5.41) is 8.25. The summed E-state index contributed by atoms with van der Waals surface area (Å²) in [5.41, 5.74) is 4.66. The Labute approximate surface area is 162 Å². The summed E-state index contributed by atoms with van der Waals surface area (Å²) < 4.78 is 1.86. The van der Waals surface area contributed by atoms with Crippen molar-refractivity contribution in [2.45, 2.75) is 25.7 Å². The van der Waals surface area contributed by atoms with E-state index in [1.54, 1.807) is 0 Å². The molecule has 1 aromatic heterocycles. The average molecular weight is 386 g/mol. The molecule has 0 bridgehead atoms. The van der Waals surface area contributed by atoms with Gasteiger partial charge in [0.1, 0.15) is 0 Å². The van der Waals surface area contributed by atoms with E-state index in [0.29, 0.717) is 10.8 Å². The Hall–Kier alpha value is -2.24. The standard InChI is InChI=1S/C20H20ClN3OS/c1-13-4-8-17(9-5-13)24-15(3)20(14(2)23-24)22-19(25)12-26-18-10-6-16(21)7-11-18/h4-11H,12H2,1-3H3,(H,22,25). The highest BCUT2D eigenvalue weighted by Gasteiger charge is 2.15. The predicted molar refractivity (Wildman–Crippen MR) is 109 cm³/mol. The first-order valence-electron chi connectivity index (χ1n) is 8.25. The van der Waals surface area contributed by atoms with Gasteiger partial charge < -0.3 is 5.32 Å². The zero-order chi connectivity index (χ0) is 18.7. The number of hydrogen-bond acceptors (Lipinski definition) is 3. The van der Waals surface area contributed by atoms with Crippen LogP contribution in [0.25, 0.3) is 5.69 Å². The van der Waals surface area contributed by atoms with E-state index in [0.717, 1.165) is 27.7 Å². The van der Waals surface area contributed by atoms with Crippen LogP contribution in [0, 0.1) is 20.8 Å². The van der Waals surface area contributed by atoms with Crippen LogP contribution in [0.1, 0.15) is 17.0 Å². The molecule has 1 heterocycles. The van der Waals surface area contributed by atoms with Crippen LogP contribution in [0.4, 0.5) is 5.69 Å². The van der Waals surface area contributed by atoms with Crippen molar-refractivity contribution in [3.8, 4) is 5.69 Å². The molecule has 1 N–H and O–H groups in total. The van der Waals surface area contributed by atoms with Gasteiger partial charge in [0, 0.05) is 9.92 Å². The number of halogens is 1. The van der Waals surface area contributed by atoms with Crippen molar-refractivity contribution in [2.75, 3.05) is 11.1 Å². The Balaban J connectivity index is 1.70. The molecule has 3 rings (SSSR count). The summed E-state index contributed by atoms with van der Waals surface area (Å²) in [4.78, 5) is 13.4. The van der Waals surface area contributed by atoms with Gasteiger partial charge in [0.25, 0.3) is 0 Å². The molecule has 0 saturated carbocycles. The van der Waals surface area contributed by atoms with E-state index in [1.165, 1.54) is 17.3 Å². The van der Waals surface area contributed by atoms with Gasteiger partial charge in [0.2, 0.25) is 5.91 Å². The fraction of sp³-hybridized carbons (Fsp3) is 0.200. The number of aryl methyl sites for hydroxylation is 2. The number of aromatic nitrogens is 2. The van der Waals surface area contributed by atoms with Crippen LogP contribution in [0.3, 0.4) is 0 Å². The molecule has 0 fully saturated rings. The smallest absolute Gasteiger partial charge is 0.234 e. The second-order valence-electron chi connectivity index (χ2n) is 6.08. The summed E-state index contributed by atoms with van der Waals surface area (Å²) in [6, 6.07) is 15.6. The molecular weight excluding hydrogens is 366 g/mol. The van der Waals surface area contributed by atoms with Crippen LogP contribution in [0.15, 0.2) is 53.4 Å². The molecule has 0 atom stereocenters. The minimum absolute atomic E-state index is 0.0559. The molecule has 1 amide bonds. The zero-order valence-electron chi connectivity index (χ0n) is 14.9. The van der Waals surface area contributed by atoms with Crippen LogP contribution in [0.5, 0.6) is 0 Å². The summed E-state index contributed by atoms with van der Waals surface area (Å²) in [6.07, 6.45) is 0. The monoisotopic (exact) mass is 385 g/mol. The Morgan fingerprint density at radius 2 is 1.73 bits per heavy atom. The predicted octanol–water partition coefficient (Wildman–Crippen LogP) is 5.18. The van der Waals surface area contributed by atoms with E-state index < -0.39 is 0 Å². The third-order valence-electron chi connectivity index (χ3n) is 4.02. The van der Waals surface area contributed by atoms with Crippen molar-refractivity contribution in [2.24, 2.45) is 0 Å². The van der Waals surface area contributed by atoms with Gasteiger partial charge >= 0.3 is 0 Å². The minimum atomic E-state index is -0.0559. The van der Waals surface area contributed by atoms with E-state index in [2.05, 4.69) is 17.3 Å². The number of carbonyl (C=O) groups excluding carboxylic acids is 1. The maximum absolute atomic E-state index is 12.4. The van der Waals surface area contributed by atoms with Crippen LogP contribution in [-0.4, -0.2) is 21.4 Å². The molecule has 3 aromatic rings. The number of rotatable bonds is 5. The molecule has 0 saturated heterocycles. The van der Waals surface area contributed by atoms with Crippen molar-refractivity contribution in [1.29, 1.82) is 0 Å². The number of benzene rings is 2. The van der Waals surface area contributed by atoms with E-state index in [1.807, 2.05) is 67.1 Å². The van der Waals surface area contributed by atoms with E-state index in [-0.39, 0.29) is 5.91 Å². The van der Waals surface area contributed by atoms with Gasteiger partial charge in [-0.25, -0.2) is 4.68 Å². The van der Waals surface area contributed by atoms with Crippen LogP contribution in [0.2, 0.25) is 5.02 Å². The number of nitrogens with zero attached hydrogens (tertiary/aromatic N) is 2. The highest BCUT2D eigenvalue weighted by molar-refractivity contribution is 8.00. The average Bonchev–Trinajstić information content (AvgIpc) is 2.90. The van der Waals surface area contributed by atoms with Gasteiger partial charge in [-0.1, -0.05) is 29.3 Å². The van der Waals surface area contributed by atoms with Gasteiger partial charge in [-0.15, -0.1) is 11.8 Å². The number of anilines is 1. The lowest BCUT2D eigenvalue weighted by Crippen LogP contribution is -2.15. The summed E-state index contributed by atoms with van der Waals surface area (Å²) in [5.74, 6) is 0.274. The molecule has 6 heteroatoms. The molecule has 0 unspecified atom stereocenters. The molecule has 0 aliphatic heterocycles. The molecule has 4 nitrogen and oxygen atoms in total. The van der Waals surface area contributed by atoms with Crippen LogP contribution < -0.4 is 5.32 Å². The van der Waals surface area contributed by atoms with Crippen molar-refractivity contribution in [3.05, 3.63) is 70.5 Å². The molecule has 134 valence electrons. The van der Waals surface area contributed by atoms with Crippen molar-refractivity contribution >= 4 is 35.0 Å². The largest absolute Gasteiger partial charge is 0.322 e. The first kappa shape index (κ1) is 18.5. The van der Waals surface area contributed by atoms with Crippen molar-refractivity contribution in [1.82, 2.24) is 9.78 Å². The number of hydrogen-bond donors (Lipinski definition) is 1. The lowest BCUT2D eigenvalue weighted by atomic mass is 10.2. The number of thioether (sulfide) groups is 1. The molecule has 0 aliphatic carbocycles. The second kappa shape index (κ2) is 7.98. The highest BCUT2D eigenvalue weighted by Crippen LogP contribution is 2.24. The number of carbonyl (C=O) groups is 1. The van der Waals surface area contributed by atoms with Crippen LogP contribution in [-0.2, 0) is 4.79 Å². The SMILES string of the molecule is Cc1ccc(-n2nc(C)c(NC(=O)CSc3ccc(Cl)cc3)c2C)cc1. The summed E-state index contributed by atoms with van der Waals surface area (Å²) in [7, 11) is 0. The molecule has 0 spiro atoms. The number of nitrogens with one attached hydrogen (secondary N) is 1. The van der Waals surface area contributed by atoms with E-state index >= 15 is 0 Å². The molecule has 0 aliphatic rings.